The lowest BCUT2D eigenvalue weighted by molar-refractivity contribution is -0.113. The molecule has 0 spiro atoms. The topological polar surface area (TPSA) is 78.3 Å². The van der Waals surface area contributed by atoms with E-state index in [1.807, 2.05) is 48.0 Å². The van der Waals surface area contributed by atoms with Gasteiger partial charge in [-0.25, -0.2) is 0 Å². The molecule has 7 nitrogen and oxygen atoms in total. The van der Waals surface area contributed by atoms with Gasteiger partial charge in [-0.2, -0.15) is 0 Å². The largest absolute Gasteiger partial charge is 0.497 e. The minimum absolute atomic E-state index is 0.117. The van der Waals surface area contributed by atoms with Crippen molar-refractivity contribution >= 4 is 23.4 Å². The molecule has 1 amide bonds. The third-order valence-electron chi connectivity index (χ3n) is 4.66. The van der Waals surface area contributed by atoms with Gasteiger partial charge in [0.05, 0.1) is 25.7 Å². The first-order valence-corrected chi connectivity index (χ1v) is 10.7. The molecule has 2 aromatic carbocycles. The highest BCUT2D eigenvalue weighted by molar-refractivity contribution is 7.99. The number of benzene rings is 2. The molecule has 3 aromatic rings. The van der Waals surface area contributed by atoms with Crippen LogP contribution in [0, 0.1) is 0 Å². The second-order valence-electron chi connectivity index (χ2n) is 6.70. The zero-order chi connectivity index (χ0) is 21.3. The van der Waals surface area contributed by atoms with Gasteiger partial charge in [0.25, 0.3) is 0 Å². The summed E-state index contributed by atoms with van der Waals surface area (Å²) in [7, 11) is 5.18. The number of carbonyl (C=O) groups excluding carboxylic acids is 1. The van der Waals surface area contributed by atoms with Gasteiger partial charge in [-0.1, -0.05) is 36.0 Å². The Labute approximate surface area is 180 Å². The number of methoxy groups -OCH3 is 2. The number of carbonyl (C=O) groups is 1. The van der Waals surface area contributed by atoms with Crippen LogP contribution in [0.1, 0.15) is 17.8 Å². The Bertz CT molecular complexity index is 973. The summed E-state index contributed by atoms with van der Waals surface area (Å²) in [4.78, 5) is 12.3. The van der Waals surface area contributed by atoms with Crippen molar-refractivity contribution in [1.82, 2.24) is 14.8 Å². The van der Waals surface area contributed by atoms with Gasteiger partial charge in [0.1, 0.15) is 17.3 Å². The molecule has 0 unspecified atom stereocenters. The number of amides is 1. The molecule has 0 aliphatic rings. The monoisotopic (exact) mass is 426 g/mol. The molecule has 1 aromatic heterocycles. The molecule has 1 heterocycles. The van der Waals surface area contributed by atoms with Crippen LogP contribution in [0.5, 0.6) is 11.5 Å². The quantitative estimate of drug-likeness (QED) is 0.498. The van der Waals surface area contributed by atoms with E-state index in [4.69, 9.17) is 9.47 Å². The second-order valence-corrected chi connectivity index (χ2v) is 7.64. The molecule has 0 saturated carbocycles. The predicted octanol–water partition coefficient (Wildman–Crippen LogP) is 3.74. The maximum absolute atomic E-state index is 12.3. The summed E-state index contributed by atoms with van der Waals surface area (Å²) in [6.07, 6.45) is 2.75. The summed E-state index contributed by atoms with van der Waals surface area (Å²) < 4.78 is 12.4. The molecule has 0 radical (unpaired) electrons. The number of nitrogens with zero attached hydrogens (tertiary/aromatic N) is 3. The van der Waals surface area contributed by atoms with Gasteiger partial charge in [-0.3, -0.25) is 4.79 Å². The van der Waals surface area contributed by atoms with Crippen molar-refractivity contribution in [2.75, 3.05) is 25.3 Å². The lowest BCUT2D eigenvalue weighted by Crippen LogP contribution is -2.15. The Morgan fingerprint density at radius 1 is 1.03 bits per heavy atom. The van der Waals surface area contributed by atoms with E-state index in [1.165, 1.54) is 17.3 Å². The van der Waals surface area contributed by atoms with E-state index < -0.39 is 0 Å². The molecule has 0 aliphatic heterocycles. The molecule has 0 atom stereocenters. The van der Waals surface area contributed by atoms with Gasteiger partial charge < -0.3 is 19.4 Å². The number of rotatable bonds is 10. The average molecular weight is 427 g/mol. The Balaban J connectivity index is 1.48. The summed E-state index contributed by atoms with van der Waals surface area (Å²) in [6.45, 7) is 0. The Morgan fingerprint density at radius 3 is 2.53 bits per heavy atom. The standard InChI is InChI=1S/C22H26N4O3S/c1-26-20(10-6-7-16-11-13-17(28-2)14-12-16)24-25-22(26)30-15-21(27)23-18-8-4-5-9-19(18)29-3/h4-5,8-9,11-14H,6-7,10,15H2,1-3H3,(H,23,27). The van der Waals surface area contributed by atoms with Gasteiger partial charge in [0.2, 0.25) is 5.91 Å². The fourth-order valence-electron chi connectivity index (χ4n) is 3.00. The lowest BCUT2D eigenvalue weighted by Gasteiger charge is -2.09. The maximum Gasteiger partial charge on any atom is 0.234 e. The number of anilines is 1. The first-order chi connectivity index (χ1) is 14.6. The number of hydrogen-bond donors (Lipinski definition) is 1. The van der Waals surface area contributed by atoms with Crippen molar-refractivity contribution in [1.29, 1.82) is 0 Å². The number of hydrogen-bond acceptors (Lipinski definition) is 6. The molecule has 1 N–H and O–H groups in total. The van der Waals surface area contributed by atoms with Gasteiger partial charge in [0, 0.05) is 13.5 Å². The van der Waals surface area contributed by atoms with Crippen LogP contribution in [0.15, 0.2) is 53.7 Å². The maximum atomic E-state index is 12.3. The van der Waals surface area contributed by atoms with Crippen LogP contribution in [-0.4, -0.2) is 40.6 Å². The highest BCUT2D eigenvalue weighted by Crippen LogP contribution is 2.24. The molecule has 158 valence electrons. The van der Waals surface area contributed by atoms with Crippen molar-refractivity contribution < 1.29 is 14.3 Å². The molecular formula is C22H26N4O3S. The SMILES string of the molecule is COc1ccc(CCCc2nnc(SCC(=O)Nc3ccccc3OC)n2C)cc1. The van der Waals surface area contributed by atoms with Crippen LogP contribution in [0.25, 0.3) is 0 Å². The first-order valence-electron chi connectivity index (χ1n) is 9.67. The molecule has 0 fully saturated rings. The van der Waals surface area contributed by atoms with E-state index in [2.05, 4.69) is 27.6 Å². The number of aryl methyl sites for hydroxylation is 2. The van der Waals surface area contributed by atoms with Crippen LogP contribution in [-0.2, 0) is 24.7 Å². The van der Waals surface area contributed by atoms with E-state index in [1.54, 1.807) is 14.2 Å². The summed E-state index contributed by atoms with van der Waals surface area (Å²) >= 11 is 1.37. The fourth-order valence-corrected chi connectivity index (χ4v) is 3.73. The Hall–Kier alpha value is -3.00. The molecule has 0 bridgehead atoms. The summed E-state index contributed by atoms with van der Waals surface area (Å²) in [5.74, 6) is 2.54. The van der Waals surface area contributed by atoms with Gasteiger partial charge in [-0.05, 0) is 42.7 Å². The number of ether oxygens (including phenoxy) is 2. The third-order valence-corrected chi connectivity index (χ3v) is 5.68. The fraction of sp³-hybridized carbons (Fsp3) is 0.318. The zero-order valence-electron chi connectivity index (χ0n) is 17.4. The van der Waals surface area contributed by atoms with Crippen LogP contribution < -0.4 is 14.8 Å². The van der Waals surface area contributed by atoms with Crippen molar-refractivity contribution in [3.63, 3.8) is 0 Å². The Kier molecular flexibility index (Phi) is 7.73. The average Bonchev–Trinajstić information content (AvgIpc) is 3.12. The van der Waals surface area contributed by atoms with Crippen molar-refractivity contribution in [2.45, 2.75) is 24.4 Å². The summed E-state index contributed by atoms with van der Waals surface area (Å²) in [5.41, 5.74) is 1.92. The lowest BCUT2D eigenvalue weighted by atomic mass is 10.1. The van der Waals surface area contributed by atoms with Crippen LogP contribution in [0.2, 0.25) is 0 Å². The molecule has 30 heavy (non-hydrogen) atoms. The van der Waals surface area contributed by atoms with E-state index in [0.29, 0.717) is 11.4 Å². The highest BCUT2D eigenvalue weighted by atomic mass is 32.2. The number of aromatic nitrogens is 3. The van der Waals surface area contributed by atoms with E-state index in [0.717, 1.165) is 36.0 Å². The van der Waals surface area contributed by atoms with Crippen LogP contribution in [0.3, 0.4) is 0 Å². The third kappa shape index (κ3) is 5.76. The molecule has 0 saturated heterocycles. The van der Waals surface area contributed by atoms with Gasteiger partial charge in [0.15, 0.2) is 5.16 Å². The summed E-state index contributed by atoms with van der Waals surface area (Å²) in [5, 5.41) is 12.1. The highest BCUT2D eigenvalue weighted by Gasteiger charge is 2.13. The molecule has 0 aliphatic carbocycles. The molecule has 8 heteroatoms. The first kappa shape index (κ1) is 21.7. The van der Waals surface area contributed by atoms with E-state index in [9.17, 15) is 4.79 Å². The van der Waals surface area contributed by atoms with Crippen molar-refractivity contribution in [3.8, 4) is 11.5 Å². The number of nitrogens with one attached hydrogen (secondary N) is 1. The Morgan fingerprint density at radius 2 is 1.80 bits per heavy atom. The van der Waals surface area contributed by atoms with Crippen LogP contribution >= 0.6 is 11.8 Å². The molecule has 3 rings (SSSR count). The normalized spacial score (nSPS) is 10.6. The van der Waals surface area contributed by atoms with E-state index in [-0.39, 0.29) is 11.7 Å². The second kappa shape index (κ2) is 10.7. The predicted molar refractivity (Wildman–Crippen MR) is 118 cm³/mol. The zero-order valence-corrected chi connectivity index (χ0v) is 18.2. The van der Waals surface area contributed by atoms with Gasteiger partial charge >= 0.3 is 0 Å². The van der Waals surface area contributed by atoms with Crippen molar-refractivity contribution in [2.24, 2.45) is 7.05 Å². The number of para-hydroxylation sites is 2. The smallest absolute Gasteiger partial charge is 0.234 e. The number of thioether (sulfide) groups is 1. The van der Waals surface area contributed by atoms with E-state index >= 15 is 0 Å². The molecular weight excluding hydrogens is 400 g/mol. The van der Waals surface area contributed by atoms with Crippen molar-refractivity contribution in [3.05, 3.63) is 59.9 Å². The minimum atomic E-state index is -0.117. The summed E-state index contributed by atoms with van der Waals surface area (Å²) in [6, 6.07) is 15.4. The van der Waals surface area contributed by atoms with Gasteiger partial charge in [-0.15, -0.1) is 10.2 Å². The van der Waals surface area contributed by atoms with Crippen LogP contribution in [0.4, 0.5) is 5.69 Å². The minimum Gasteiger partial charge on any atom is -0.497 e.